The standard InChI is InChI=1S/C28H38O6/c1-15-12-22(33-23(31)16(15)2)26(5)28(32)11-10-27(34-26)20-7-6-17-13-18(29)14-21(30)25(17,4)19(20)8-9-24(27,28)3/h13,18-20,22,29,32H,6-12,14H2,1-5H3/t18-,19+,20-,22-,24+,25+,26+,27-,28+/m1/s1. The summed E-state index contributed by atoms with van der Waals surface area (Å²) in [6, 6.07) is 0. The monoisotopic (exact) mass is 470 g/mol. The average molecular weight is 471 g/mol. The molecule has 0 aromatic rings. The SMILES string of the molecule is CC1=C(C)C(=O)O[C@@H]([C@]2(C)O[C@@]34CC[C@]2(O)[C@@]3(C)CC[C@H]2[C@H]4CCC3=C[C@@H](O)CC(=O)[C@@]32C)C1. The van der Waals surface area contributed by atoms with E-state index in [2.05, 4.69) is 13.8 Å². The Labute approximate surface area is 201 Å². The van der Waals surface area contributed by atoms with Gasteiger partial charge >= 0.3 is 5.97 Å². The van der Waals surface area contributed by atoms with Crippen molar-refractivity contribution in [2.45, 2.75) is 115 Å². The number of hydrogen-bond donors (Lipinski definition) is 2. The van der Waals surface area contributed by atoms with Gasteiger partial charge in [-0.15, -0.1) is 0 Å². The fraction of sp³-hybridized carbons (Fsp3) is 0.786. The Hall–Kier alpha value is -1.50. The van der Waals surface area contributed by atoms with Gasteiger partial charge in [-0.1, -0.05) is 24.1 Å². The lowest BCUT2D eigenvalue weighted by Gasteiger charge is -2.60. The van der Waals surface area contributed by atoms with Crippen molar-refractivity contribution in [1.82, 2.24) is 0 Å². The first-order valence-corrected chi connectivity index (χ1v) is 13.1. The molecule has 186 valence electrons. The molecule has 6 nitrogen and oxygen atoms in total. The highest BCUT2D eigenvalue weighted by Crippen LogP contribution is 2.77. The summed E-state index contributed by atoms with van der Waals surface area (Å²) in [6.07, 6.45) is 6.12. The van der Waals surface area contributed by atoms with E-state index in [0.29, 0.717) is 18.4 Å². The molecule has 0 aromatic heterocycles. The van der Waals surface area contributed by atoms with Crippen molar-refractivity contribution in [3.8, 4) is 0 Å². The van der Waals surface area contributed by atoms with E-state index in [1.54, 1.807) is 6.92 Å². The predicted molar refractivity (Wildman–Crippen MR) is 125 cm³/mol. The summed E-state index contributed by atoms with van der Waals surface area (Å²) in [5, 5.41) is 22.7. The fourth-order valence-electron chi connectivity index (χ4n) is 9.52. The van der Waals surface area contributed by atoms with Crippen LogP contribution in [0.5, 0.6) is 0 Å². The van der Waals surface area contributed by atoms with E-state index >= 15 is 0 Å². The van der Waals surface area contributed by atoms with E-state index in [9.17, 15) is 19.8 Å². The van der Waals surface area contributed by atoms with Crippen molar-refractivity contribution in [3.05, 3.63) is 22.8 Å². The van der Waals surface area contributed by atoms with Gasteiger partial charge in [0.2, 0.25) is 0 Å². The molecule has 6 heteroatoms. The van der Waals surface area contributed by atoms with Gasteiger partial charge in [-0.25, -0.2) is 4.79 Å². The fourth-order valence-corrected chi connectivity index (χ4v) is 9.52. The summed E-state index contributed by atoms with van der Waals surface area (Å²) in [7, 11) is 0. The highest BCUT2D eigenvalue weighted by Gasteiger charge is 2.84. The molecule has 0 amide bonds. The topological polar surface area (TPSA) is 93.1 Å². The maximum Gasteiger partial charge on any atom is 0.334 e. The van der Waals surface area contributed by atoms with Crippen molar-refractivity contribution >= 4 is 11.8 Å². The zero-order chi connectivity index (χ0) is 24.5. The summed E-state index contributed by atoms with van der Waals surface area (Å²) in [5.41, 5.74) is -0.982. The van der Waals surface area contributed by atoms with Gasteiger partial charge in [0, 0.05) is 23.8 Å². The molecule has 6 aliphatic rings. The number of carbonyl (C=O) groups is 2. The molecule has 2 heterocycles. The lowest BCUT2D eigenvalue weighted by molar-refractivity contribution is -0.249. The number of ketones is 1. The number of Topliss-reactive ketones (excluding diaryl/α,β-unsaturated/α-hetero) is 1. The van der Waals surface area contributed by atoms with Crippen LogP contribution in [-0.2, 0) is 19.1 Å². The Morgan fingerprint density at radius 2 is 1.74 bits per heavy atom. The molecule has 6 rings (SSSR count). The number of aliphatic hydroxyl groups is 2. The molecular formula is C28H38O6. The third kappa shape index (κ3) is 2.30. The van der Waals surface area contributed by atoms with Gasteiger partial charge < -0.3 is 19.7 Å². The van der Waals surface area contributed by atoms with Crippen molar-refractivity contribution in [3.63, 3.8) is 0 Å². The van der Waals surface area contributed by atoms with Gasteiger partial charge in [-0.05, 0) is 78.1 Å². The molecule has 4 fully saturated rings. The van der Waals surface area contributed by atoms with Gasteiger partial charge in [-0.2, -0.15) is 0 Å². The van der Waals surface area contributed by atoms with Crippen LogP contribution in [0.2, 0.25) is 0 Å². The lowest BCUT2D eigenvalue weighted by atomic mass is 9.45. The van der Waals surface area contributed by atoms with Crippen LogP contribution in [-0.4, -0.2) is 51.0 Å². The van der Waals surface area contributed by atoms with Crippen LogP contribution in [0, 0.1) is 22.7 Å². The van der Waals surface area contributed by atoms with Crippen LogP contribution < -0.4 is 0 Å². The molecule has 0 radical (unpaired) electrons. The molecule has 2 aliphatic heterocycles. The number of carbonyl (C=O) groups excluding carboxylic acids is 2. The lowest BCUT2D eigenvalue weighted by Crippen LogP contribution is -2.63. The highest BCUT2D eigenvalue weighted by molar-refractivity contribution is 5.90. The normalized spacial score (nSPS) is 54.3. The first-order chi connectivity index (χ1) is 15.8. The first-order valence-electron chi connectivity index (χ1n) is 13.1. The molecule has 0 aromatic carbocycles. The van der Waals surface area contributed by atoms with Crippen LogP contribution in [0.3, 0.4) is 0 Å². The van der Waals surface area contributed by atoms with Crippen LogP contribution in [0.1, 0.15) is 86.0 Å². The summed E-state index contributed by atoms with van der Waals surface area (Å²) in [6.45, 7) is 9.98. The number of aliphatic hydroxyl groups excluding tert-OH is 1. The van der Waals surface area contributed by atoms with Gasteiger partial charge in [0.05, 0.1) is 17.1 Å². The second-order valence-corrected chi connectivity index (χ2v) is 12.7. The average Bonchev–Trinajstić information content (AvgIpc) is 3.10. The molecule has 1 saturated heterocycles. The minimum absolute atomic E-state index is 0.128. The number of rotatable bonds is 1. The summed E-state index contributed by atoms with van der Waals surface area (Å²) in [5.74, 6) is 0.0857. The second-order valence-electron chi connectivity index (χ2n) is 12.7. The first kappa shape index (κ1) is 22.9. The van der Waals surface area contributed by atoms with E-state index in [4.69, 9.17) is 9.47 Å². The maximum atomic E-state index is 13.4. The molecule has 4 aliphatic carbocycles. The van der Waals surface area contributed by atoms with E-state index in [0.717, 1.165) is 43.3 Å². The molecule has 9 atom stereocenters. The van der Waals surface area contributed by atoms with E-state index in [1.165, 1.54) is 0 Å². The van der Waals surface area contributed by atoms with Crippen LogP contribution in [0.4, 0.5) is 0 Å². The summed E-state index contributed by atoms with van der Waals surface area (Å²) in [4.78, 5) is 26.0. The molecule has 34 heavy (non-hydrogen) atoms. The quantitative estimate of drug-likeness (QED) is 0.448. The van der Waals surface area contributed by atoms with Crippen LogP contribution in [0.25, 0.3) is 0 Å². The summed E-state index contributed by atoms with van der Waals surface area (Å²) >= 11 is 0. The number of cyclic esters (lactones) is 1. The van der Waals surface area contributed by atoms with E-state index < -0.39 is 39.8 Å². The minimum atomic E-state index is -1.11. The van der Waals surface area contributed by atoms with Crippen molar-refractivity contribution in [2.75, 3.05) is 0 Å². The van der Waals surface area contributed by atoms with Crippen molar-refractivity contribution in [2.24, 2.45) is 22.7 Å². The van der Waals surface area contributed by atoms with E-state index in [1.807, 2.05) is 19.9 Å². The van der Waals surface area contributed by atoms with Crippen LogP contribution in [0.15, 0.2) is 22.8 Å². The maximum absolute atomic E-state index is 13.4. The van der Waals surface area contributed by atoms with Gasteiger partial charge in [0.15, 0.2) is 0 Å². The largest absolute Gasteiger partial charge is 0.455 e. The number of hydrogen-bond acceptors (Lipinski definition) is 6. The predicted octanol–water partition coefficient (Wildman–Crippen LogP) is 3.78. The highest BCUT2D eigenvalue weighted by atomic mass is 16.6. The molecular weight excluding hydrogens is 432 g/mol. The van der Waals surface area contributed by atoms with Gasteiger partial charge in [0.25, 0.3) is 0 Å². The third-order valence-electron chi connectivity index (χ3n) is 11.8. The molecule has 0 spiro atoms. The number of allylic oxidation sites excluding steroid dienone is 1. The smallest absolute Gasteiger partial charge is 0.334 e. The second kappa shape index (κ2) is 6.63. The van der Waals surface area contributed by atoms with Gasteiger partial charge in [0.1, 0.15) is 23.1 Å². The zero-order valence-corrected chi connectivity index (χ0v) is 21.1. The summed E-state index contributed by atoms with van der Waals surface area (Å²) < 4.78 is 13.1. The Morgan fingerprint density at radius 3 is 2.44 bits per heavy atom. The van der Waals surface area contributed by atoms with Crippen LogP contribution >= 0.6 is 0 Å². The van der Waals surface area contributed by atoms with Crippen molar-refractivity contribution in [1.29, 1.82) is 0 Å². The zero-order valence-electron chi connectivity index (χ0n) is 21.1. The number of ether oxygens (including phenoxy) is 2. The number of esters is 1. The van der Waals surface area contributed by atoms with Gasteiger partial charge in [-0.3, -0.25) is 4.79 Å². The van der Waals surface area contributed by atoms with Crippen molar-refractivity contribution < 1.29 is 29.3 Å². The minimum Gasteiger partial charge on any atom is -0.455 e. The Bertz CT molecular complexity index is 1060. The molecule has 2 N–H and O–H groups in total. The van der Waals surface area contributed by atoms with E-state index in [-0.39, 0.29) is 30.0 Å². The Kier molecular flexibility index (Phi) is 4.47. The molecule has 2 bridgehead atoms. The Balaban J connectivity index is 1.43. The Morgan fingerprint density at radius 1 is 1.00 bits per heavy atom. The molecule has 3 saturated carbocycles. The third-order valence-corrected chi connectivity index (χ3v) is 11.8. The molecule has 0 unspecified atom stereocenters. The number of fused-ring (bicyclic) bond motifs is 3.